The first kappa shape index (κ1) is 20.6. The summed E-state index contributed by atoms with van der Waals surface area (Å²) >= 11 is 0. The van der Waals surface area contributed by atoms with E-state index in [-0.39, 0.29) is 22.6 Å². The Balaban J connectivity index is 1.59. The fourth-order valence-corrected chi connectivity index (χ4v) is 4.91. The smallest absolute Gasteiger partial charge is 0.258 e. The van der Waals surface area contributed by atoms with Gasteiger partial charge in [0, 0.05) is 29.3 Å². The predicted octanol–water partition coefficient (Wildman–Crippen LogP) is 3.82. The number of aromatic nitrogens is 5. The van der Waals surface area contributed by atoms with Gasteiger partial charge in [-0.05, 0) is 59.2 Å². The molecule has 0 fully saturated rings. The van der Waals surface area contributed by atoms with Gasteiger partial charge in [0.15, 0.2) is 0 Å². The first-order valence-electron chi connectivity index (χ1n) is 10.9. The Hall–Kier alpha value is -3.32. The van der Waals surface area contributed by atoms with Gasteiger partial charge in [-0.1, -0.05) is 18.2 Å². The Bertz CT molecular complexity index is 1460. The van der Waals surface area contributed by atoms with E-state index >= 15 is 0 Å². The van der Waals surface area contributed by atoms with Crippen molar-refractivity contribution in [2.45, 2.75) is 58.5 Å². The average Bonchev–Trinajstić information content (AvgIpc) is 3.11. The average molecular weight is 429 g/mol. The molecule has 7 heteroatoms. The number of nitrogens with zero attached hydrogens (tertiary/aromatic N) is 5. The SMILES string of the molecule is Cc1cn2nc(-c3cc(=O)n4cc(C5C=CC(C)(C)NC5(C)C)ccc4n3)cc2c(C)n1. The van der Waals surface area contributed by atoms with E-state index in [1.54, 1.807) is 15.0 Å². The maximum atomic E-state index is 13.1. The van der Waals surface area contributed by atoms with Crippen molar-refractivity contribution in [3.05, 3.63) is 76.1 Å². The third-order valence-electron chi connectivity index (χ3n) is 6.19. The summed E-state index contributed by atoms with van der Waals surface area (Å²) in [6.45, 7) is 12.6. The van der Waals surface area contributed by atoms with E-state index in [1.807, 2.05) is 38.4 Å². The number of hydrogen-bond donors (Lipinski definition) is 1. The minimum absolute atomic E-state index is 0.0648. The van der Waals surface area contributed by atoms with Crippen molar-refractivity contribution < 1.29 is 0 Å². The topological polar surface area (TPSA) is 76.6 Å². The zero-order chi connectivity index (χ0) is 22.8. The standard InChI is InChI=1S/C25H28N6O/c1-15-13-31-21(16(2)26-15)11-20(28-31)19-12-23(32)30-14-17(7-8-22(30)27-19)18-9-10-24(3,4)29-25(18,5)6/h7-14,18,29H,1-6H3. The minimum atomic E-state index is -0.149. The van der Waals surface area contributed by atoms with Gasteiger partial charge in [-0.3, -0.25) is 14.2 Å². The zero-order valence-corrected chi connectivity index (χ0v) is 19.3. The molecule has 1 atom stereocenters. The highest BCUT2D eigenvalue weighted by Gasteiger charge is 2.37. The summed E-state index contributed by atoms with van der Waals surface area (Å²) in [4.78, 5) is 22.3. The van der Waals surface area contributed by atoms with Crippen molar-refractivity contribution in [1.82, 2.24) is 29.3 Å². The first-order chi connectivity index (χ1) is 15.0. The number of nitrogens with one attached hydrogen (secondary N) is 1. The Morgan fingerprint density at radius 1 is 1.00 bits per heavy atom. The van der Waals surface area contributed by atoms with Gasteiger partial charge in [0.1, 0.15) is 11.3 Å². The highest BCUT2D eigenvalue weighted by atomic mass is 16.1. The van der Waals surface area contributed by atoms with Gasteiger partial charge in [0.25, 0.3) is 5.56 Å². The van der Waals surface area contributed by atoms with Crippen molar-refractivity contribution in [3.8, 4) is 11.4 Å². The van der Waals surface area contributed by atoms with Crippen LogP contribution in [-0.4, -0.2) is 35.1 Å². The normalized spacial score (nSPS) is 19.6. The van der Waals surface area contributed by atoms with Crippen molar-refractivity contribution in [1.29, 1.82) is 0 Å². The molecule has 5 heterocycles. The van der Waals surface area contributed by atoms with E-state index < -0.39 is 0 Å². The number of pyridine rings is 1. The highest BCUT2D eigenvalue weighted by Crippen LogP contribution is 2.35. The van der Waals surface area contributed by atoms with E-state index in [2.05, 4.69) is 61.3 Å². The monoisotopic (exact) mass is 428 g/mol. The number of hydrogen-bond acceptors (Lipinski definition) is 5. The van der Waals surface area contributed by atoms with Gasteiger partial charge in [-0.15, -0.1) is 0 Å². The van der Waals surface area contributed by atoms with Gasteiger partial charge in [-0.2, -0.15) is 5.10 Å². The number of rotatable bonds is 2. The summed E-state index contributed by atoms with van der Waals surface area (Å²) in [6, 6.07) is 7.45. The maximum Gasteiger partial charge on any atom is 0.258 e. The molecule has 4 aromatic heterocycles. The van der Waals surface area contributed by atoms with Gasteiger partial charge in [0.2, 0.25) is 0 Å². The lowest BCUT2D eigenvalue weighted by atomic mass is 9.76. The Morgan fingerprint density at radius 2 is 1.78 bits per heavy atom. The van der Waals surface area contributed by atoms with E-state index in [9.17, 15) is 4.79 Å². The van der Waals surface area contributed by atoms with Crippen LogP contribution in [0.3, 0.4) is 0 Å². The van der Waals surface area contributed by atoms with E-state index in [1.165, 1.54) is 0 Å². The molecule has 7 nitrogen and oxygen atoms in total. The molecule has 32 heavy (non-hydrogen) atoms. The lowest BCUT2D eigenvalue weighted by Gasteiger charge is -2.44. The molecule has 0 saturated heterocycles. The Labute approximate surface area is 186 Å². The molecule has 0 aromatic carbocycles. The van der Waals surface area contributed by atoms with Crippen molar-refractivity contribution >= 4 is 11.2 Å². The van der Waals surface area contributed by atoms with Crippen molar-refractivity contribution in [2.75, 3.05) is 0 Å². The number of aryl methyl sites for hydroxylation is 2. The Kier molecular flexibility index (Phi) is 4.40. The van der Waals surface area contributed by atoms with Crippen LogP contribution in [0.5, 0.6) is 0 Å². The van der Waals surface area contributed by atoms with Crippen LogP contribution in [0.4, 0.5) is 0 Å². The molecule has 1 unspecified atom stereocenters. The van der Waals surface area contributed by atoms with Gasteiger partial charge in [-0.25, -0.2) is 9.50 Å². The van der Waals surface area contributed by atoms with Gasteiger partial charge in [0.05, 0.1) is 28.8 Å². The third-order valence-corrected chi connectivity index (χ3v) is 6.19. The lowest BCUT2D eigenvalue weighted by Crippen LogP contribution is -2.56. The summed E-state index contributed by atoms with van der Waals surface area (Å²) < 4.78 is 3.42. The van der Waals surface area contributed by atoms with Crippen LogP contribution < -0.4 is 10.9 Å². The van der Waals surface area contributed by atoms with Crippen LogP contribution in [0.15, 0.2) is 53.6 Å². The molecule has 4 aromatic rings. The molecule has 0 spiro atoms. The molecule has 1 aliphatic rings. The largest absolute Gasteiger partial charge is 0.302 e. The van der Waals surface area contributed by atoms with Gasteiger partial charge >= 0.3 is 0 Å². The third kappa shape index (κ3) is 3.42. The second-order valence-corrected chi connectivity index (χ2v) is 9.90. The van der Waals surface area contributed by atoms with Crippen LogP contribution in [0.25, 0.3) is 22.6 Å². The molecule has 0 aliphatic carbocycles. The summed E-state index contributed by atoms with van der Waals surface area (Å²) in [5.74, 6) is 0.142. The molecule has 0 amide bonds. The summed E-state index contributed by atoms with van der Waals surface area (Å²) in [7, 11) is 0. The molecule has 1 N–H and O–H groups in total. The molecular formula is C25H28N6O. The maximum absolute atomic E-state index is 13.1. The minimum Gasteiger partial charge on any atom is -0.302 e. The molecule has 0 saturated carbocycles. The molecule has 5 rings (SSSR count). The fraction of sp³-hybridized carbons (Fsp3) is 0.360. The van der Waals surface area contributed by atoms with Crippen LogP contribution in [0.2, 0.25) is 0 Å². The summed E-state index contributed by atoms with van der Waals surface area (Å²) in [6.07, 6.45) is 8.21. The Morgan fingerprint density at radius 3 is 2.53 bits per heavy atom. The molecule has 164 valence electrons. The van der Waals surface area contributed by atoms with E-state index in [0.29, 0.717) is 17.0 Å². The predicted molar refractivity (Wildman–Crippen MR) is 126 cm³/mol. The van der Waals surface area contributed by atoms with Crippen LogP contribution in [0, 0.1) is 13.8 Å². The van der Waals surface area contributed by atoms with Gasteiger partial charge < -0.3 is 5.32 Å². The quantitative estimate of drug-likeness (QED) is 0.491. The molecule has 0 bridgehead atoms. The zero-order valence-electron chi connectivity index (χ0n) is 19.3. The second-order valence-electron chi connectivity index (χ2n) is 9.90. The molecule has 1 aliphatic heterocycles. The fourth-order valence-electron chi connectivity index (χ4n) is 4.91. The molecular weight excluding hydrogens is 400 g/mol. The van der Waals surface area contributed by atoms with Crippen LogP contribution in [0.1, 0.15) is 50.6 Å². The summed E-state index contributed by atoms with van der Waals surface area (Å²) in [5.41, 5.74) is 5.25. The van der Waals surface area contributed by atoms with E-state index in [0.717, 1.165) is 22.5 Å². The lowest BCUT2D eigenvalue weighted by molar-refractivity contribution is 0.264. The van der Waals surface area contributed by atoms with Crippen LogP contribution in [-0.2, 0) is 0 Å². The highest BCUT2D eigenvalue weighted by molar-refractivity contribution is 5.66. The van der Waals surface area contributed by atoms with Crippen molar-refractivity contribution in [2.24, 2.45) is 0 Å². The van der Waals surface area contributed by atoms with E-state index in [4.69, 9.17) is 4.98 Å². The second kappa shape index (κ2) is 6.84. The first-order valence-corrected chi connectivity index (χ1v) is 10.9. The number of fused-ring (bicyclic) bond motifs is 2. The summed E-state index contributed by atoms with van der Waals surface area (Å²) in [5, 5.41) is 8.31. The van der Waals surface area contributed by atoms with Crippen LogP contribution >= 0.6 is 0 Å². The molecule has 0 radical (unpaired) electrons. The van der Waals surface area contributed by atoms with Crippen molar-refractivity contribution in [3.63, 3.8) is 0 Å².